The summed E-state index contributed by atoms with van der Waals surface area (Å²) in [6, 6.07) is 7.89. The number of ether oxygens (including phenoxy) is 3. The number of hydrogen-bond acceptors (Lipinski definition) is 13. The van der Waals surface area contributed by atoms with Crippen LogP contribution < -0.4 is 14.9 Å². The molecule has 5 atom stereocenters. The lowest BCUT2D eigenvalue weighted by molar-refractivity contribution is -0.265. The summed E-state index contributed by atoms with van der Waals surface area (Å²) in [7, 11) is -3.88. The van der Waals surface area contributed by atoms with Crippen molar-refractivity contribution >= 4 is 27.3 Å². The van der Waals surface area contributed by atoms with Crippen molar-refractivity contribution in [2.75, 3.05) is 7.11 Å². The number of aliphatic hydroxyl groups excluding tert-OH is 2. The minimum Gasteiger partial charge on any atom is -0.507 e. The second-order valence-corrected chi connectivity index (χ2v) is 9.05. The molecule has 1 aliphatic heterocycles. The fourth-order valence-corrected chi connectivity index (χ4v) is 4.27. The average Bonchev–Trinajstić information content (AvgIpc) is 2.84. The van der Waals surface area contributed by atoms with Crippen molar-refractivity contribution in [3.8, 4) is 34.3 Å². The SMILES string of the molecule is COc1ccc(-c2cc(=O)c3c(O)cc(O)c(O[C@@H]4O[C@H](C(=O)O)[C@@H](O)[C@@H](O)[C@H]4OS(=O)(=O)O)c3o2)cc1. The van der Waals surface area contributed by atoms with Crippen LogP contribution in [0, 0.1) is 0 Å². The van der Waals surface area contributed by atoms with Crippen LogP contribution in [0.3, 0.4) is 0 Å². The molecular formula is C22H20O15S. The maximum Gasteiger partial charge on any atom is 0.397 e. The monoisotopic (exact) mass is 556 g/mol. The minimum absolute atomic E-state index is 0.0748. The van der Waals surface area contributed by atoms with Crippen LogP contribution in [0.2, 0.25) is 0 Å². The van der Waals surface area contributed by atoms with Crippen LogP contribution in [0.25, 0.3) is 22.3 Å². The molecule has 3 aromatic rings. The maximum atomic E-state index is 12.9. The van der Waals surface area contributed by atoms with E-state index in [4.69, 9.17) is 23.2 Å². The highest BCUT2D eigenvalue weighted by atomic mass is 32.3. The van der Waals surface area contributed by atoms with Crippen molar-refractivity contribution in [1.29, 1.82) is 0 Å². The molecule has 2 heterocycles. The van der Waals surface area contributed by atoms with E-state index in [1.54, 1.807) is 12.1 Å². The van der Waals surface area contributed by atoms with E-state index in [1.165, 1.54) is 19.2 Å². The zero-order valence-electron chi connectivity index (χ0n) is 19.1. The van der Waals surface area contributed by atoms with Gasteiger partial charge in [0.15, 0.2) is 29.0 Å². The van der Waals surface area contributed by atoms with Crippen LogP contribution in [0.1, 0.15) is 0 Å². The predicted octanol–water partition coefficient (Wildman–Crippen LogP) is -0.0221. The third-order valence-corrected chi connectivity index (χ3v) is 6.01. The Bertz CT molecular complexity index is 1530. The number of aliphatic carboxylic acids is 1. The highest BCUT2D eigenvalue weighted by molar-refractivity contribution is 7.80. The van der Waals surface area contributed by atoms with Gasteiger partial charge in [-0.25, -0.2) is 8.98 Å². The predicted molar refractivity (Wildman–Crippen MR) is 123 cm³/mol. The van der Waals surface area contributed by atoms with E-state index >= 15 is 0 Å². The highest BCUT2D eigenvalue weighted by Crippen LogP contribution is 2.42. The first-order valence-electron chi connectivity index (χ1n) is 10.5. The molecule has 0 spiro atoms. The molecule has 4 rings (SSSR count). The van der Waals surface area contributed by atoms with Crippen LogP contribution >= 0.6 is 0 Å². The van der Waals surface area contributed by atoms with Crippen LogP contribution in [-0.4, -0.2) is 82.3 Å². The molecule has 0 saturated carbocycles. The number of carboxylic acid groups (broad SMARTS) is 1. The number of carbonyl (C=O) groups is 1. The van der Waals surface area contributed by atoms with E-state index in [2.05, 4.69) is 4.18 Å². The quantitative estimate of drug-likeness (QED) is 0.210. The number of aromatic hydroxyl groups is 2. The van der Waals surface area contributed by atoms with E-state index in [0.717, 1.165) is 6.07 Å². The topological polar surface area (TPSA) is 240 Å². The van der Waals surface area contributed by atoms with Crippen molar-refractivity contribution in [3.05, 3.63) is 46.6 Å². The van der Waals surface area contributed by atoms with Crippen LogP contribution in [-0.2, 0) is 24.1 Å². The zero-order valence-corrected chi connectivity index (χ0v) is 19.9. The molecule has 16 heteroatoms. The van der Waals surface area contributed by atoms with E-state index in [9.17, 15) is 43.5 Å². The summed E-state index contributed by atoms with van der Waals surface area (Å²) in [5.41, 5.74) is -1.03. The molecule has 0 amide bonds. The van der Waals surface area contributed by atoms with Crippen LogP contribution in [0.5, 0.6) is 23.0 Å². The van der Waals surface area contributed by atoms with Gasteiger partial charge in [-0.15, -0.1) is 0 Å². The van der Waals surface area contributed by atoms with Crippen molar-refractivity contribution in [1.82, 2.24) is 0 Å². The molecule has 6 N–H and O–H groups in total. The van der Waals surface area contributed by atoms with E-state index < -0.39 is 80.7 Å². The first-order valence-corrected chi connectivity index (χ1v) is 11.9. The second kappa shape index (κ2) is 10.1. The molecule has 204 valence electrons. The number of hydrogen-bond donors (Lipinski definition) is 6. The van der Waals surface area contributed by atoms with Crippen molar-refractivity contribution < 1.29 is 66.1 Å². The summed E-state index contributed by atoms with van der Waals surface area (Å²) in [5, 5.41) is 50.0. The van der Waals surface area contributed by atoms with Gasteiger partial charge in [0.1, 0.15) is 34.9 Å². The van der Waals surface area contributed by atoms with Gasteiger partial charge in [0.25, 0.3) is 0 Å². The number of phenols is 2. The number of carboxylic acids is 1. The number of rotatable bonds is 7. The normalized spacial score (nSPS) is 23.7. The summed E-state index contributed by atoms with van der Waals surface area (Å²) in [5.74, 6) is -3.74. The van der Waals surface area contributed by atoms with Gasteiger partial charge in [-0.05, 0) is 24.3 Å². The Morgan fingerprint density at radius 3 is 2.26 bits per heavy atom. The molecule has 0 unspecified atom stereocenters. The molecule has 2 aromatic carbocycles. The molecule has 15 nitrogen and oxygen atoms in total. The summed E-state index contributed by atoms with van der Waals surface area (Å²) in [4.78, 5) is 24.4. The Morgan fingerprint density at radius 2 is 1.68 bits per heavy atom. The second-order valence-electron chi connectivity index (χ2n) is 8.00. The summed E-state index contributed by atoms with van der Waals surface area (Å²) in [6.07, 6.45) is -11.2. The van der Waals surface area contributed by atoms with Crippen molar-refractivity contribution in [3.63, 3.8) is 0 Å². The largest absolute Gasteiger partial charge is 0.507 e. The highest BCUT2D eigenvalue weighted by Gasteiger charge is 2.51. The fraction of sp³-hybridized carbons (Fsp3) is 0.273. The molecular weight excluding hydrogens is 536 g/mol. The first kappa shape index (κ1) is 27.1. The lowest BCUT2D eigenvalue weighted by atomic mass is 9.99. The van der Waals surface area contributed by atoms with Crippen molar-refractivity contribution in [2.45, 2.75) is 30.7 Å². The Kier molecular flexibility index (Phi) is 7.20. The third kappa shape index (κ3) is 5.21. The molecule has 0 radical (unpaired) electrons. The summed E-state index contributed by atoms with van der Waals surface area (Å²) < 4.78 is 57.4. The Hall–Kier alpha value is -3.93. The van der Waals surface area contributed by atoms with Gasteiger partial charge in [-0.1, -0.05) is 0 Å². The Balaban J connectivity index is 1.86. The Labute approximate surface area is 212 Å². The molecule has 1 aromatic heterocycles. The first-order chi connectivity index (χ1) is 17.8. The summed E-state index contributed by atoms with van der Waals surface area (Å²) >= 11 is 0. The molecule has 1 fully saturated rings. The Morgan fingerprint density at radius 1 is 1.03 bits per heavy atom. The molecule has 0 aliphatic carbocycles. The standard InChI is InChI=1S/C22H20O15S/c1-33-9-4-2-8(3-5-9)13-7-11(24)14-10(23)6-12(25)17(18(14)34-13)35-22-20(37-38(30,31)32)16(27)15(26)19(36-22)21(28)29/h2-7,15-16,19-20,22-23,25-27H,1H3,(H,28,29)(H,30,31,32)/t15-,16+,19-,20+,22+/m0/s1. The lowest BCUT2D eigenvalue weighted by Crippen LogP contribution is -2.62. The third-order valence-electron chi connectivity index (χ3n) is 5.55. The van der Waals surface area contributed by atoms with Gasteiger partial charge in [-0.2, -0.15) is 8.42 Å². The minimum atomic E-state index is -5.32. The van der Waals surface area contributed by atoms with E-state index in [1.807, 2.05) is 0 Å². The number of phenolic OH excluding ortho intramolecular Hbond substituents is 2. The number of fused-ring (bicyclic) bond motifs is 1. The number of aliphatic hydroxyl groups is 2. The smallest absolute Gasteiger partial charge is 0.397 e. The van der Waals surface area contributed by atoms with Crippen molar-refractivity contribution in [2.24, 2.45) is 0 Å². The molecule has 1 aliphatic rings. The zero-order chi connectivity index (χ0) is 27.9. The molecule has 1 saturated heterocycles. The number of methoxy groups -OCH3 is 1. The molecule has 38 heavy (non-hydrogen) atoms. The van der Waals surface area contributed by atoms with E-state index in [-0.39, 0.29) is 5.76 Å². The number of benzene rings is 2. The van der Waals surface area contributed by atoms with E-state index in [0.29, 0.717) is 17.4 Å². The average molecular weight is 556 g/mol. The maximum absolute atomic E-state index is 12.9. The van der Waals surface area contributed by atoms with Crippen LogP contribution in [0.4, 0.5) is 0 Å². The van der Waals surface area contributed by atoms with Gasteiger partial charge in [-0.3, -0.25) is 9.35 Å². The van der Waals surface area contributed by atoms with Gasteiger partial charge in [0.05, 0.1) is 7.11 Å². The summed E-state index contributed by atoms with van der Waals surface area (Å²) in [6.45, 7) is 0. The van der Waals surface area contributed by atoms with Gasteiger partial charge in [0.2, 0.25) is 12.0 Å². The van der Waals surface area contributed by atoms with Gasteiger partial charge < -0.3 is 44.2 Å². The van der Waals surface area contributed by atoms with Gasteiger partial charge >= 0.3 is 16.4 Å². The lowest BCUT2D eigenvalue weighted by Gasteiger charge is -2.39. The van der Waals surface area contributed by atoms with Crippen LogP contribution in [0.15, 0.2) is 45.6 Å². The fourth-order valence-electron chi connectivity index (χ4n) is 3.79. The van der Waals surface area contributed by atoms with Gasteiger partial charge in [0, 0.05) is 17.7 Å². The molecule has 0 bridgehead atoms.